The van der Waals surface area contributed by atoms with E-state index in [-0.39, 0.29) is 12.8 Å². The summed E-state index contributed by atoms with van der Waals surface area (Å²) >= 11 is 0. The van der Waals surface area contributed by atoms with Crippen LogP contribution in [-0.2, 0) is 17.7 Å². The molecule has 12 nitrogen and oxygen atoms in total. The molecule has 0 unspecified atom stereocenters. The maximum absolute atomic E-state index is 12.0. The number of carbonyl (C=O) groups is 1. The first-order valence-electron chi connectivity index (χ1n) is 15.5. The van der Waals surface area contributed by atoms with Crippen molar-refractivity contribution in [1.82, 2.24) is 19.8 Å². The lowest BCUT2D eigenvalue weighted by atomic mass is 10.0. The first kappa shape index (κ1) is 28.9. The minimum atomic E-state index is -0.981. The fourth-order valence-corrected chi connectivity index (χ4v) is 7.42. The summed E-state index contributed by atoms with van der Waals surface area (Å²) in [6.45, 7) is 3.90. The number of aromatic nitrogens is 2. The van der Waals surface area contributed by atoms with Gasteiger partial charge in [0.05, 0.1) is 30.4 Å². The maximum Gasteiger partial charge on any atom is 0.408 e. The van der Waals surface area contributed by atoms with Gasteiger partial charge in [0.1, 0.15) is 18.2 Å². The van der Waals surface area contributed by atoms with E-state index in [2.05, 4.69) is 39.9 Å². The first-order valence-corrected chi connectivity index (χ1v) is 15.5. The van der Waals surface area contributed by atoms with E-state index in [0.717, 1.165) is 65.2 Å². The molecule has 3 aromatic rings. The lowest BCUT2D eigenvalue weighted by Gasteiger charge is -2.41. The van der Waals surface area contributed by atoms with Gasteiger partial charge in [-0.3, -0.25) is 4.90 Å². The second kappa shape index (κ2) is 11.9. The topological polar surface area (TPSA) is 124 Å². The van der Waals surface area contributed by atoms with Crippen LogP contribution >= 0.6 is 0 Å². The number of benzene rings is 2. The fraction of sp³-hybridized carbons (Fsp3) is 0.531. The molecule has 3 saturated heterocycles. The Bertz CT molecular complexity index is 1540. The number of piperazine rings is 1. The SMILES string of the molecule is COCOc1cc(N2CCc3c(nc(OC[C@@H]4CCCN4C)nc3N3C[C@H]4C[C@@H](O)[C@@H](C3)N4C(=O)O)C2)c2ccccc2c1. The number of carboxylic acid groups (broad SMARTS) is 1. The molecule has 0 spiro atoms. The lowest BCUT2D eigenvalue weighted by Crippen LogP contribution is -2.57. The smallest absolute Gasteiger partial charge is 0.408 e. The molecule has 2 aromatic carbocycles. The van der Waals surface area contributed by atoms with Crippen LogP contribution in [0.5, 0.6) is 11.8 Å². The quantitative estimate of drug-likeness (QED) is 0.369. The number of ether oxygens (including phenoxy) is 3. The van der Waals surface area contributed by atoms with Gasteiger partial charge in [0, 0.05) is 55.5 Å². The molecule has 44 heavy (non-hydrogen) atoms. The highest BCUT2D eigenvalue weighted by molar-refractivity contribution is 5.95. The van der Waals surface area contributed by atoms with Crippen LogP contribution in [0.1, 0.15) is 30.5 Å². The van der Waals surface area contributed by atoms with Crippen LogP contribution in [0, 0.1) is 0 Å². The molecule has 4 atom stereocenters. The van der Waals surface area contributed by atoms with Crippen molar-refractivity contribution in [1.29, 1.82) is 0 Å². The highest BCUT2D eigenvalue weighted by atomic mass is 16.7. The van der Waals surface area contributed by atoms with Crippen molar-refractivity contribution in [2.24, 2.45) is 0 Å². The van der Waals surface area contributed by atoms with Gasteiger partial charge in [-0.15, -0.1) is 0 Å². The number of aliphatic hydroxyl groups excluding tert-OH is 1. The minimum Gasteiger partial charge on any atom is -0.467 e. The first-order chi connectivity index (χ1) is 21.4. The Kier molecular flexibility index (Phi) is 7.81. The zero-order chi connectivity index (χ0) is 30.4. The molecule has 7 rings (SSSR count). The van der Waals surface area contributed by atoms with Crippen molar-refractivity contribution in [3.63, 3.8) is 0 Å². The number of likely N-dealkylation sites (tertiary alicyclic amines) is 1. The second-order valence-electron chi connectivity index (χ2n) is 12.3. The molecule has 12 heteroatoms. The van der Waals surface area contributed by atoms with E-state index in [1.165, 1.54) is 4.90 Å². The number of methoxy groups -OCH3 is 1. The molecule has 4 aliphatic rings. The molecule has 2 N–H and O–H groups in total. The summed E-state index contributed by atoms with van der Waals surface area (Å²) in [4.78, 5) is 30.1. The molecule has 0 radical (unpaired) electrons. The van der Waals surface area contributed by atoms with Crippen molar-refractivity contribution in [2.75, 3.05) is 63.5 Å². The normalized spacial score (nSPS) is 25.0. The van der Waals surface area contributed by atoms with Gasteiger partial charge in [-0.1, -0.05) is 24.3 Å². The number of likely N-dealkylation sites (N-methyl/N-ethyl adjacent to an activating group) is 1. The molecule has 3 fully saturated rings. The van der Waals surface area contributed by atoms with E-state index < -0.39 is 18.2 Å². The Balaban J connectivity index is 1.23. The number of amides is 1. The van der Waals surface area contributed by atoms with E-state index >= 15 is 0 Å². The summed E-state index contributed by atoms with van der Waals surface area (Å²) in [6, 6.07) is 12.3. The zero-order valence-electron chi connectivity index (χ0n) is 25.3. The van der Waals surface area contributed by atoms with Crippen molar-refractivity contribution in [2.45, 2.75) is 56.5 Å². The van der Waals surface area contributed by atoms with E-state index in [1.807, 2.05) is 18.2 Å². The molecule has 2 bridgehead atoms. The number of hydrogen-bond acceptors (Lipinski definition) is 10. The molecule has 1 aromatic heterocycles. The van der Waals surface area contributed by atoms with Crippen molar-refractivity contribution in [3.05, 3.63) is 47.7 Å². The maximum atomic E-state index is 12.0. The van der Waals surface area contributed by atoms with Crippen LogP contribution < -0.4 is 19.3 Å². The number of hydrogen-bond donors (Lipinski definition) is 2. The number of fused-ring (bicyclic) bond motifs is 4. The summed E-state index contributed by atoms with van der Waals surface area (Å²) < 4.78 is 17.3. The van der Waals surface area contributed by atoms with E-state index in [0.29, 0.717) is 51.1 Å². The zero-order valence-corrected chi connectivity index (χ0v) is 25.3. The predicted molar refractivity (Wildman–Crippen MR) is 165 cm³/mol. The van der Waals surface area contributed by atoms with Gasteiger partial charge in [-0.05, 0) is 50.7 Å². The third-order valence-corrected chi connectivity index (χ3v) is 9.66. The van der Waals surface area contributed by atoms with Crippen LogP contribution in [0.3, 0.4) is 0 Å². The van der Waals surface area contributed by atoms with Crippen LogP contribution in [0.25, 0.3) is 10.8 Å². The third-order valence-electron chi connectivity index (χ3n) is 9.66. The molecule has 0 saturated carbocycles. The largest absolute Gasteiger partial charge is 0.467 e. The van der Waals surface area contributed by atoms with E-state index in [4.69, 9.17) is 24.2 Å². The van der Waals surface area contributed by atoms with Crippen molar-refractivity contribution in [3.8, 4) is 11.8 Å². The Morgan fingerprint density at radius 3 is 2.73 bits per heavy atom. The molecule has 4 aliphatic heterocycles. The van der Waals surface area contributed by atoms with Crippen LogP contribution in [0.4, 0.5) is 16.3 Å². The number of aliphatic hydroxyl groups is 1. The Morgan fingerprint density at radius 1 is 1.09 bits per heavy atom. The summed E-state index contributed by atoms with van der Waals surface area (Å²) in [6.07, 6.45) is 1.70. The lowest BCUT2D eigenvalue weighted by molar-refractivity contribution is 0.0512. The number of nitrogens with zero attached hydrogens (tertiary/aromatic N) is 6. The van der Waals surface area contributed by atoms with Gasteiger partial charge in [0.15, 0.2) is 6.79 Å². The van der Waals surface area contributed by atoms with Crippen LogP contribution in [-0.4, -0.2) is 114 Å². The molecule has 5 heterocycles. The summed E-state index contributed by atoms with van der Waals surface area (Å²) in [5.74, 6) is 1.53. The molecule has 234 valence electrons. The highest BCUT2D eigenvalue weighted by Crippen LogP contribution is 2.39. The Labute approximate surface area is 256 Å². The van der Waals surface area contributed by atoms with Gasteiger partial charge in [-0.2, -0.15) is 9.97 Å². The van der Waals surface area contributed by atoms with Gasteiger partial charge in [0.2, 0.25) is 0 Å². The monoisotopic (exact) mass is 604 g/mol. The Morgan fingerprint density at radius 2 is 1.95 bits per heavy atom. The number of rotatable bonds is 8. The standard InChI is InChI=1S/C32H40N6O6/c1-35-10-5-7-21(35)18-43-31-33-26-16-36(27-14-23(44-19-42-2)12-20-6-3-4-8-24(20)27)11-9-25(26)30(34-31)37-15-22-13-29(39)28(17-37)38(22)32(40)41/h3-4,6,8,12,14,21-22,28-29,39H,5,7,9-11,13,15-19H2,1-2H3,(H,40,41)/t21-,22+,28+,29+/m0/s1. The van der Waals surface area contributed by atoms with Gasteiger partial charge >= 0.3 is 12.1 Å². The second-order valence-corrected chi connectivity index (χ2v) is 12.3. The van der Waals surface area contributed by atoms with E-state index in [1.54, 1.807) is 7.11 Å². The van der Waals surface area contributed by atoms with Crippen molar-refractivity contribution < 1.29 is 29.2 Å². The molecule has 0 aliphatic carbocycles. The fourth-order valence-electron chi connectivity index (χ4n) is 7.42. The average Bonchev–Trinajstić information content (AvgIpc) is 3.53. The Hall–Kier alpha value is -3.87. The molecular weight excluding hydrogens is 564 g/mol. The van der Waals surface area contributed by atoms with Crippen LogP contribution in [0.2, 0.25) is 0 Å². The summed E-state index contributed by atoms with van der Waals surface area (Å²) in [5.41, 5.74) is 3.02. The summed E-state index contributed by atoms with van der Waals surface area (Å²) in [7, 11) is 3.73. The average molecular weight is 605 g/mol. The summed E-state index contributed by atoms with van der Waals surface area (Å²) in [5, 5.41) is 22.8. The molecular formula is C32H40N6O6. The van der Waals surface area contributed by atoms with Crippen LogP contribution in [0.15, 0.2) is 36.4 Å². The third kappa shape index (κ3) is 5.35. The van der Waals surface area contributed by atoms with E-state index in [9.17, 15) is 15.0 Å². The van der Waals surface area contributed by atoms with Gasteiger partial charge in [0.25, 0.3) is 0 Å². The van der Waals surface area contributed by atoms with Gasteiger partial charge in [-0.25, -0.2) is 4.79 Å². The molecule has 1 amide bonds. The van der Waals surface area contributed by atoms with Crippen molar-refractivity contribution >= 4 is 28.4 Å². The van der Waals surface area contributed by atoms with Gasteiger partial charge < -0.3 is 39.1 Å². The minimum absolute atomic E-state index is 0.167. The highest BCUT2D eigenvalue weighted by Gasteiger charge is 2.49. The predicted octanol–water partition coefficient (Wildman–Crippen LogP) is 2.95. The number of anilines is 2.